The molecule has 0 saturated heterocycles. The molecule has 0 saturated carbocycles. The van der Waals surface area contributed by atoms with E-state index in [0.29, 0.717) is 12.5 Å². The second kappa shape index (κ2) is 4.90. The van der Waals surface area contributed by atoms with Crippen molar-refractivity contribution in [1.29, 1.82) is 0 Å². The Balaban J connectivity index is 1.87. The Morgan fingerprint density at radius 1 is 0.905 bits per heavy atom. The van der Waals surface area contributed by atoms with E-state index in [1.54, 1.807) is 0 Å². The number of hydrogen-bond acceptors (Lipinski definition) is 2. The number of rotatable bonds is 3. The molecule has 4 aromatic rings. The van der Waals surface area contributed by atoms with E-state index in [-0.39, 0.29) is 0 Å². The SMILES string of the molecule is ClCc1nc2ccccc2n1Cn1cnc2ccccc21. The molecule has 0 N–H and O–H groups in total. The lowest BCUT2D eigenvalue weighted by Gasteiger charge is -2.09. The molecule has 0 spiro atoms. The van der Waals surface area contributed by atoms with Crippen LogP contribution in [0.1, 0.15) is 5.82 Å². The van der Waals surface area contributed by atoms with Crippen LogP contribution in [0, 0.1) is 0 Å². The minimum atomic E-state index is 0.390. The van der Waals surface area contributed by atoms with Gasteiger partial charge < -0.3 is 9.13 Å². The monoisotopic (exact) mass is 296 g/mol. The molecule has 4 nitrogen and oxygen atoms in total. The highest BCUT2D eigenvalue weighted by atomic mass is 35.5. The van der Waals surface area contributed by atoms with Crippen molar-refractivity contribution >= 4 is 33.7 Å². The highest BCUT2D eigenvalue weighted by molar-refractivity contribution is 6.16. The maximum atomic E-state index is 6.05. The summed E-state index contributed by atoms with van der Waals surface area (Å²) in [5, 5.41) is 0. The molecule has 2 aromatic heterocycles. The van der Waals surface area contributed by atoms with Gasteiger partial charge in [-0.15, -0.1) is 11.6 Å². The van der Waals surface area contributed by atoms with E-state index in [0.717, 1.165) is 27.9 Å². The predicted octanol–water partition coefficient (Wildman–Crippen LogP) is 3.63. The fourth-order valence-corrected chi connectivity index (χ4v) is 2.86. The lowest BCUT2D eigenvalue weighted by molar-refractivity contribution is 0.618. The summed E-state index contributed by atoms with van der Waals surface area (Å²) in [7, 11) is 0. The molecule has 0 aliphatic carbocycles. The number of imidazole rings is 2. The molecular formula is C16H13ClN4. The van der Waals surface area contributed by atoms with Crippen molar-refractivity contribution in [2.45, 2.75) is 12.5 Å². The van der Waals surface area contributed by atoms with Crippen molar-refractivity contribution < 1.29 is 0 Å². The molecule has 2 aromatic carbocycles. The van der Waals surface area contributed by atoms with Gasteiger partial charge in [0.1, 0.15) is 12.5 Å². The quantitative estimate of drug-likeness (QED) is 0.541. The summed E-state index contributed by atoms with van der Waals surface area (Å²) in [6.45, 7) is 0.656. The maximum Gasteiger partial charge on any atom is 0.126 e. The van der Waals surface area contributed by atoms with Crippen LogP contribution in [0.4, 0.5) is 0 Å². The highest BCUT2D eigenvalue weighted by Crippen LogP contribution is 2.19. The van der Waals surface area contributed by atoms with Gasteiger partial charge in [-0.3, -0.25) is 0 Å². The first-order valence-corrected chi connectivity index (χ1v) is 7.30. The molecule has 0 fully saturated rings. The van der Waals surface area contributed by atoms with Crippen molar-refractivity contribution in [3.05, 3.63) is 60.7 Å². The Kier molecular flexibility index (Phi) is 2.89. The normalized spacial score (nSPS) is 11.5. The number of halogens is 1. The molecule has 0 bridgehead atoms. The molecule has 0 radical (unpaired) electrons. The van der Waals surface area contributed by atoms with Crippen molar-refractivity contribution in [2.75, 3.05) is 0 Å². The molecule has 0 aliphatic heterocycles. The van der Waals surface area contributed by atoms with Crippen molar-refractivity contribution in [3.63, 3.8) is 0 Å². The molecule has 104 valence electrons. The first-order valence-electron chi connectivity index (χ1n) is 6.77. The molecular weight excluding hydrogens is 284 g/mol. The van der Waals surface area contributed by atoms with E-state index in [2.05, 4.69) is 31.2 Å². The fraction of sp³-hybridized carbons (Fsp3) is 0.125. The third kappa shape index (κ3) is 1.99. The average molecular weight is 297 g/mol. The minimum Gasteiger partial charge on any atom is -0.312 e. The van der Waals surface area contributed by atoms with E-state index in [9.17, 15) is 0 Å². The summed E-state index contributed by atoms with van der Waals surface area (Å²) in [5.74, 6) is 1.26. The van der Waals surface area contributed by atoms with E-state index < -0.39 is 0 Å². The largest absolute Gasteiger partial charge is 0.312 e. The van der Waals surface area contributed by atoms with E-state index in [1.807, 2.05) is 42.7 Å². The lowest BCUT2D eigenvalue weighted by atomic mass is 10.3. The summed E-state index contributed by atoms with van der Waals surface area (Å²) < 4.78 is 4.25. The fourth-order valence-electron chi connectivity index (χ4n) is 2.66. The molecule has 0 atom stereocenters. The maximum absolute atomic E-state index is 6.05. The molecule has 2 heterocycles. The number of fused-ring (bicyclic) bond motifs is 2. The van der Waals surface area contributed by atoms with Gasteiger partial charge in [0.15, 0.2) is 0 Å². The van der Waals surface area contributed by atoms with Gasteiger partial charge in [-0.05, 0) is 24.3 Å². The van der Waals surface area contributed by atoms with Gasteiger partial charge in [0.25, 0.3) is 0 Å². The number of aromatic nitrogens is 4. The average Bonchev–Trinajstić information content (AvgIpc) is 3.10. The predicted molar refractivity (Wildman–Crippen MR) is 84.4 cm³/mol. The van der Waals surface area contributed by atoms with Crippen LogP contribution in [0.15, 0.2) is 54.9 Å². The Labute approximate surface area is 126 Å². The van der Waals surface area contributed by atoms with Crippen LogP contribution >= 0.6 is 11.6 Å². The van der Waals surface area contributed by atoms with Crippen LogP contribution < -0.4 is 0 Å². The smallest absolute Gasteiger partial charge is 0.126 e. The van der Waals surface area contributed by atoms with E-state index in [1.165, 1.54) is 0 Å². The first kappa shape index (κ1) is 12.4. The molecule has 4 rings (SSSR count). The van der Waals surface area contributed by atoms with Gasteiger partial charge in [-0.1, -0.05) is 24.3 Å². The van der Waals surface area contributed by atoms with Crippen molar-refractivity contribution in [2.24, 2.45) is 0 Å². The number of benzene rings is 2. The van der Waals surface area contributed by atoms with Crippen LogP contribution in [0.25, 0.3) is 22.1 Å². The topological polar surface area (TPSA) is 35.6 Å². The summed E-state index contributed by atoms with van der Waals surface area (Å²) in [6.07, 6.45) is 1.86. The van der Waals surface area contributed by atoms with Gasteiger partial charge in [0, 0.05) is 0 Å². The Morgan fingerprint density at radius 3 is 2.43 bits per heavy atom. The highest BCUT2D eigenvalue weighted by Gasteiger charge is 2.11. The summed E-state index contributed by atoms with van der Waals surface area (Å²) in [4.78, 5) is 9.02. The Bertz CT molecular complexity index is 922. The zero-order chi connectivity index (χ0) is 14.2. The first-order chi connectivity index (χ1) is 10.4. The molecule has 0 unspecified atom stereocenters. The third-order valence-corrected chi connectivity index (χ3v) is 3.91. The number of para-hydroxylation sites is 4. The van der Waals surface area contributed by atoms with Gasteiger partial charge >= 0.3 is 0 Å². The zero-order valence-corrected chi connectivity index (χ0v) is 12.0. The zero-order valence-electron chi connectivity index (χ0n) is 11.3. The van der Waals surface area contributed by atoms with Crippen LogP contribution in [0.5, 0.6) is 0 Å². The third-order valence-electron chi connectivity index (χ3n) is 3.67. The Morgan fingerprint density at radius 2 is 1.62 bits per heavy atom. The Hall–Kier alpha value is -2.33. The summed E-state index contributed by atoms with van der Waals surface area (Å²) in [5.41, 5.74) is 4.16. The number of nitrogens with zero attached hydrogens (tertiary/aromatic N) is 4. The molecule has 0 aliphatic rings. The second-order valence-corrected chi connectivity index (χ2v) is 5.19. The van der Waals surface area contributed by atoms with Gasteiger partial charge in [0.05, 0.1) is 34.3 Å². The van der Waals surface area contributed by atoms with Crippen LogP contribution in [-0.4, -0.2) is 19.1 Å². The summed E-state index contributed by atoms with van der Waals surface area (Å²) >= 11 is 6.05. The standard InChI is InChI=1S/C16H13ClN4/c17-9-16-19-13-6-2-4-8-15(13)21(16)11-20-10-18-12-5-1-3-7-14(12)20/h1-8,10H,9,11H2. The lowest BCUT2D eigenvalue weighted by Crippen LogP contribution is -2.09. The van der Waals surface area contributed by atoms with Crippen molar-refractivity contribution in [1.82, 2.24) is 19.1 Å². The van der Waals surface area contributed by atoms with Gasteiger partial charge in [-0.25, -0.2) is 9.97 Å². The second-order valence-electron chi connectivity index (χ2n) is 4.92. The van der Waals surface area contributed by atoms with Crippen molar-refractivity contribution in [3.8, 4) is 0 Å². The summed E-state index contributed by atoms with van der Waals surface area (Å²) in [6, 6.07) is 16.2. The van der Waals surface area contributed by atoms with E-state index >= 15 is 0 Å². The number of hydrogen-bond donors (Lipinski definition) is 0. The van der Waals surface area contributed by atoms with Crippen LogP contribution in [0.3, 0.4) is 0 Å². The molecule has 5 heteroatoms. The van der Waals surface area contributed by atoms with Gasteiger partial charge in [0.2, 0.25) is 0 Å². The van der Waals surface area contributed by atoms with E-state index in [4.69, 9.17) is 11.6 Å². The number of alkyl halides is 1. The van der Waals surface area contributed by atoms with Crippen LogP contribution in [-0.2, 0) is 12.5 Å². The van der Waals surface area contributed by atoms with Gasteiger partial charge in [-0.2, -0.15) is 0 Å². The van der Waals surface area contributed by atoms with Crippen LogP contribution in [0.2, 0.25) is 0 Å². The minimum absolute atomic E-state index is 0.390. The molecule has 21 heavy (non-hydrogen) atoms. The molecule has 0 amide bonds.